The van der Waals surface area contributed by atoms with Crippen molar-refractivity contribution in [2.24, 2.45) is 5.73 Å². The van der Waals surface area contributed by atoms with Crippen molar-refractivity contribution in [3.8, 4) is 0 Å². The molecule has 0 bridgehead atoms. The van der Waals surface area contributed by atoms with Crippen molar-refractivity contribution in [1.82, 2.24) is 9.97 Å². The van der Waals surface area contributed by atoms with E-state index in [2.05, 4.69) is 27.5 Å². The molecular formula is C10H19N5. The molecule has 0 fully saturated rings. The zero-order chi connectivity index (χ0) is 11.3. The van der Waals surface area contributed by atoms with Crippen molar-refractivity contribution in [2.75, 3.05) is 24.2 Å². The summed E-state index contributed by atoms with van der Waals surface area (Å²) in [5.74, 6) is 2.42. The molecule has 0 saturated heterocycles. The quantitative estimate of drug-likeness (QED) is 0.674. The first kappa shape index (κ1) is 11.7. The fourth-order valence-electron chi connectivity index (χ4n) is 1.34. The lowest BCUT2D eigenvalue weighted by atomic mass is 10.2. The van der Waals surface area contributed by atoms with Crippen molar-refractivity contribution in [3.05, 3.63) is 11.9 Å². The monoisotopic (exact) mass is 209 g/mol. The Morgan fingerprint density at radius 1 is 1.40 bits per heavy atom. The average molecular weight is 209 g/mol. The van der Waals surface area contributed by atoms with Crippen LogP contribution < -0.4 is 16.4 Å². The van der Waals surface area contributed by atoms with Gasteiger partial charge in [-0.05, 0) is 26.8 Å². The Kier molecular flexibility index (Phi) is 4.30. The van der Waals surface area contributed by atoms with Gasteiger partial charge < -0.3 is 16.4 Å². The van der Waals surface area contributed by atoms with Gasteiger partial charge in [-0.3, -0.25) is 0 Å². The molecule has 0 aliphatic rings. The Morgan fingerprint density at radius 2 is 2.07 bits per heavy atom. The van der Waals surface area contributed by atoms with Crippen molar-refractivity contribution >= 4 is 11.6 Å². The number of hydrogen-bond acceptors (Lipinski definition) is 5. The molecule has 0 saturated carbocycles. The molecule has 0 radical (unpaired) electrons. The fourth-order valence-corrected chi connectivity index (χ4v) is 1.34. The number of aromatic nitrogens is 2. The molecule has 15 heavy (non-hydrogen) atoms. The minimum Gasteiger partial charge on any atom is -0.373 e. The number of nitrogens with one attached hydrogen (secondary N) is 2. The highest BCUT2D eigenvalue weighted by Gasteiger charge is 2.04. The number of nitrogens with zero attached hydrogens (tertiary/aromatic N) is 2. The van der Waals surface area contributed by atoms with Crippen LogP contribution in [0, 0.1) is 6.92 Å². The summed E-state index contributed by atoms with van der Waals surface area (Å²) in [7, 11) is 1.84. The predicted octanol–water partition coefficient (Wildman–Crippen LogP) is 0.976. The highest BCUT2D eigenvalue weighted by atomic mass is 15.1. The van der Waals surface area contributed by atoms with Crippen LogP contribution in [-0.2, 0) is 0 Å². The number of rotatable bonds is 5. The van der Waals surface area contributed by atoms with Crippen molar-refractivity contribution in [3.63, 3.8) is 0 Å². The molecular weight excluding hydrogens is 190 g/mol. The SMILES string of the molecule is CNc1cc(NC(C)CCN)nc(C)n1. The van der Waals surface area contributed by atoms with Gasteiger partial charge in [-0.1, -0.05) is 0 Å². The lowest BCUT2D eigenvalue weighted by Crippen LogP contribution is -2.20. The van der Waals surface area contributed by atoms with Gasteiger partial charge in [0, 0.05) is 19.2 Å². The molecule has 4 N–H and O–H groups in total. The Bertz CT molecular complexity index is 313. The summed E-state index contributed by atoms with van der Waals surface area (Å²) in [6, 6.07) is 2.22. The smallest absolute Gasteiger partial charge is 0.132 e. The summed E-state index contributed by atoms with van der Waals surface area (Å²) in [6.45, 7) is 4.64. The maximum absolute atomic E-state index is 5.48. The van der Waals surface area contributed by atoms with E-state index in [0.29, 0.717) is 12.6 Å². The molecule has 5 heteroatoms. The summed E-state index contributed by atoms with van der Waals surface area (Å²) in [5.41, 5.74) is 5.48. The second-order valence-corrected chi connectivity index (χ2v) is 3.56. The van der Waals surface area contributed by atoms with Crippen LogP contribution in [0.3, 0.4) is 0 Å². The summed E-state index contributed by atoms with van der Waals surface area (Å²) in [4.78, 5) is 8.52. The van der Waals surface area contributed by atoms with E-state index in [1.54, 1.807) is 0 Å². The minimum atomic E-state index is 0.328. The van der Waals surface area contributed by atoms with E-state index in [1.165, 1.54) is 0 Å². The van der Waals surface area contributed by atoms with Crippen molar-refractivity contribution in [2.45, 2.75) is 26.3 Å². The number of nitrogens with two attached hydrogens (primary N) is 1. The van der Waals surface area contributed by atoms with E-state index in [9.17, 15) is 0 Å². The van der Waals surface area contributed by atoms with Gasteiger partial charge in [0.05, 0.1) is 0 Å². The lowest BCUT2D eigenvalue weighted by Gasteiger charge is -2.14. The van der Waals surface area contributed by atoms with E-state index in [4.69, 9.17) is 5.73 Å². The standard InChI is InChI=1S/C10H19N5/c1-7(4-5-11)13-10-6-9(12-3)14-8(2)15-10/h6-7H,4-5,11H2,1-3H3,(H2,12,13,14,15). The van der Waals surface area contributed by atoms with Crippen LogP contribution in [-0.4, -0.2) is 29.6 Å². The zero-order valence-corrected chi connectivity index (χ0v) is 9.54. The van der Waals surface area contributed by atoms with Crippen LogP contribution in [0.25, 0.3) is 0 Å². The van der Waals surface area contributed by atoms with E-state index >= 15 is 0 Å². The maximum atomic E-state index is 5.48. The number of anilines is 2. The molecule has 84 valence electrons. The molecule has 0 spiro atoms. The van der Waals surface area contributed by atoms with E-state index < -0.39 is 0 Å². The van der Waals surface area contributed by atoms with Crippen LogP contribution in [0.5, 0.6) is 0 Å². The third-order valence-electron chi connectivity index (χ3n) is 2.09. The molecule has 0 aliphatic carbocycles. The van der Waals surface area contributed by atoms with Gasteiger partial charge in [0.2, 0.25) is 0 Å². The molecule has 0 aromatic carbocycles. The molecule has 1 unspecified atom stereocenters. The van der Waals surface area contributed by atoms with Crippen LogP contribution in [0.15, 0.2) is 6.07 Å². The molecule has 1 heterocycles. The Labute approximate surface area is 90.5 Å². The number of hydrogen-bond donors (Lipinski definition) is 3. The first-order valence-corrected chi connectivity index (χ1v) is 5.15. The molecule has 0 aliphatic heterocycles. The molecule has 1 atom stereocenters. The normalized spacial score (nSPS) is 12.3. The van der Waals surface area contributed by atoms with Gasteiger partial charge in [0.25, 0.3) is 0 Å². The Morgan fingerprint density at radius 3 is 2.67 bits per heavy atom. The third kappa shape index (κ3) is 3.71. The first-order chi connectivity index (χ1) is 7.15. The van der Waals surface area contributed by atoms with E-state index in [0.717, 1.165) is 23.9 Å². The Hall–Kier alpha value is -1.36. The molecule has 1 aromatic heterocycles. The average Bonchev–Trinajstić information content (AvgIpc) is 2.17. The van der Waals surface area contributed by atoms with Gasteiger partial charge in [-0.25, -0.2) is 9.97 Å². The second-order valence-electron chi connectivity index (χ2n) is 3.56. The van der Waals surface area contributed by atoms with Crippen LogP contribution >= 0.6 is 0 Å². The van der Waals surface area contributed by atoms with Gasteiger partial charge in [0.1, 0.15) is 17.5 Å². The fraction of sp³-hybridized carbons (Fsp3) is 0.600. The summed E-state index contributed by atoms with van der Waals surface area (Å²) in [6.07, 6.45) is 0.929. The largest absolute Gasteiger partial charge is 0.373 e. The highest BCUT2D eigenvalue weighted by Crippen LogP contribution is 2.11. The molecule has 5 nitrogen and oxygen atoms in total. The zero-order valence-electron chi connectivity index (χ0n) is 9.54. The summed E-state index contributed by atoms with van der Waals surface area (Å²) >= 11 is 0. The van der Waals surface area contributed by atoms with Crippen molar-refractivity contribution < 1.29 is 0 Å². The summed E-state index contributed by atoms with van der Waals surface area (Å²) in [5, 5.41) is 6.28. The van der Waals surface area contributed by atoms with Gasteiger partial charge in [-0.2, -0.15) is 0 Å². The third-order valence-corrected chi connectivity index (χ3v) is 2.09. The molecule has 1 aromatic rings. The van der Waals surface area contributed by atoms with Crippen LogP contribution in [0.4, 0.5) is 11.6 Å². The summed E-state index contributed by atoms with van der Waals surface area (Å²) < 4.78 is 0. The predicted molar refractivity (Wildman–Crippen MR) is 63.1 cm³/mol. The Balaban J connectivity index is 2.71. The van der Waals surface area contributed by atoms with E-state index in [-0.39, 0.29) is 0 Å². The van der Waals surface area contributed by atoms with Crippen molar-refractivity contribution in [1.29, 1.82) is 0 Å². The topological polar surface area (TPSA) is 75.9 Å². The second kappa shape index (κ2) is 5.50. The maximum Gasteiger partial charge on any atom is 0.132 e. The lowest BCUT2D eigenvalue weighted by molar-refractivity contribution is 0.712. The van der Waals surface area contributed by atoms with E-state index in [1.807, 2.05) is 20.0 Å². The van der Waals surface area contributed by atoms with Crippen LogP contribution in [0.2, 0.25) is 0 Å². The molecule has 0 amide bonds. The van der Waals surface area contributed by atoms with Gasteiger partial charge in [0.15, 0.2) is 0 Å². The molecule has 1 rings (SSSR count). The van der Waals surface area contributed by atoms with Gasteiger partial charge >= 0.3 is 0 Å². The van der Waals surface area contributed by atoms with Crippen LogP contribution in [0.1, 0.15) is 19.2 Å². The van der Waals surface area contributed by atoms with Gasteiger partial charge in [-0.15, -0.1) is 0 Å². The first-order valence-electron chi connectivity index (χ1n) is 5.15. The minimum absolute atomic E-state index is 0.328. The number of aryl methyl sites for hydroxylation is 1. The highest BCUT2D eigenvalue weighted by molar-refractivity contribution is 5.47.